The summed E-state index contributed by atoms with van der Waals surface area (Å²) in [5.74, 6) is 0. The third-order valence-electron chi connectivity index (χ3n) is 3.80. The van der Waals surface area contributed by atoms with Crippen LogP contribution in [0.2, 0.25) is 0 Å². The molecule has 43 heteroatoms. The lowest BCUT2D eigenvalue weighted by Gasteiger charge is -2.43. The topological polar surface area (TPSA) is 571 Å². The number of aliphatic hydroxyl groups is 4. The van der Waals surface area contributed by atoms with Gasteiger partial charge in [0.25, 0.3) is 0 Å². The maximum absolute atomic E-state index is 11.7. The summed E-state index contributed by atoms with van der Waals surface area (Å²) in [5.41, 5.74) is 0. The van der Waals surface area contributed by atoms with Crippen molar-refractivity contribution < 1.29 is 160 Å². The standard InChI is InChI=1S/C6H15O15P3.H8O19P6/c7-1-2(8)4(10)6(5(3(1)9)19-22(11,12)13)20-24(17,18)21-23(14,15)16;1-20(2,3)15-24(13,16-21(4,5)6)19-25(14,17-22(7,8)9)18-23(10,11)12/h1-10H,(H,17,18)(H2,11,12,13)(H2,14,15,16);(H2,1,2,3)(H2,4,5,6)(H2,7,8,9)(H2,10,11,12). The molecule has 7 atom stereocenters. The second kappa shape index (κ2) is 17.3. The van der Waals surface area contributed by atoms with Crippen LogP contribution >= 0.6 is 70.4 Å². The molecular weight excluding hydrogens is 895 g/mol. The highest BCUT2D eigenvalue weighted by Gasteiger charge is 2.56. The van der Waals surface area contributed by atoms with Crippen LogP contribution < -0.4 is 0 Å². The van der Waals surface area contributed by atoms with Gasteiger partial charge in [0.2, 0.25) is 0 Å². The molecule has 0 aromatic heterocycles. The molecule has 1 rings (SSSR count). The van der Waals surface area contributed by atoms with Gasteiger partial charge in [0, 0.05) is 0 Å². The van der Waals surface area contributed by atoms with Crippen molar-refractivity contribution >= 4 is 70.4 Å². The summed E-state index contributed by atoms with van der Waals surface area (Å²) < 4.78 is 127. The smallest absolute Gasteiger partial charge is 0.387 e. The lowest BCUT2D eigenvalue weighted by atomic mass is 9.85. The van der Waals surface area contributed by atoms with E-state index in [1.54, 1.807) is 0 Å². The molecule has 7 unspecified atom stereocenters. The predicted molar refractivity (Wildman–Crippen MR) is 138 cm³/mol. The maximum atomic E-state index is 11.7. The summed E-state index contributed by atoms with van der Waals surface area (Å²) in [5, 5.41) is 38.3. The van der Waals surface area contributed by atoms with Gasteiger partial charge in [-0.2, -0.15) is 25.9 Å². The van der Waals surface area contributed by atoms with Gasteiger partial charge in [-0.1, -0.05) is 0 Å². The average Bonchev–Trinajstić information content (AvgIpc) is 2.70. The fraction of sp³-hybridized carbons (Fsp3) is 1.00. The number of rotatable bonds is 16. The van der Waals surface area contributed by atoms with Crippen LogP contribution in [0, 0.1) is 0 Å². The van der Waals surface area contributed by atoms with Crippen LogP contribution in [0.1, 0.15) is 0 Å². The first-order valence-corrected chi connectivity index (χ1v) is 23.9. The molecule has 1 aliphatic rings. The van der Waals surface area contributed by atoms with Gasteiger partial charge in [0.05, 0.1) is 0 Å². The third-order valence-corrected chi connectivity index (χ3v) is 14.7. The Labute approximate surface area is 267 Å². The van der Waals surface area contributed by atoms with Crippen LogP contribution in [0.5, 0.6) is 0 Å². The molecule has 0 aromatic carbocycles. The molecule has 0 heterocycles. The van der Waals surface area contributed by atoms with E-state index in [4.69, 9.17) is 58.7 Å². The second-order valence-corrected chi connectivity index (χ2v) is 20.9. The van der Waals surface area contributed by atoms with Crippen LogP contribution in [-0.4, -0.2) is 121 Å². The Kier molecular flexibility index (Phi) is 17.6. The molecule has 0 saturated heterocycles. The van der Waals surface area contributed by atoms with E-state index in [0.717, 1.165) is 0 Å². The zero-order chi connectivity index (χ0) is 39.6. The van der Waals surface area contributed by atoms with E-state index in [9.17, 15) is 66.4 Å². The van der Waals surface area contributed by atoms with E-state index in [1.165, 1.54) is 0 Å². The van der Waals surface area contributed by atoms with Crippen LogP contribution in [0.15, 0.2) is 0 Å². The molecule has 1 aliphatic carbocycles. The highest BCUT2D eigenvalue weighted by atomic mass is 31.3. The average molecular weight is 918 g/mol. The van der Waals surface area contributed by atoms with E-state index in [2.05, 4.69) is 34.9 Å². The van der Waals surface area contributed by atoms with E-state index >= 15 is 0 Å². The molecule has 34 nitrogen and oxygen atoms in total. The van der Waals surface area contributed by atoms with Crippen LogP contribution in [0.4, 0.5) is 0 Å². The number of aliphatic hydroxyl groups excluding tert-OH is 4. The Bertz CT molecular complexity index is 1440. The van der Waals surface area contributed by atoms with Crippen molar-refractivity contribution in [3.63, 3.8) is 0 Å². The van der Waals surface area contributed by atoms with E-state index in [0.29, 0.717) is 0 Å². The normalized spacial score (nSPS) is 26.4. The van der Waals surface area contributed by atoms with Crippen molar-refractivity contribution in [1.29, 1.82) is 0 Å². The van der Waals surface area contributed by atoms with Crippen LogP contribution in [0.3, 0.4) is 0 Å². The zero-order valence-electron chi connectivity index (χ0n) is 22.0. The highest BCUT2D eigenvalue weighted by molar-refractivity contribution is 7.75. The van der Waals surface area contributed by atoms with Crippen molar-refractivity contribution in [3.8, 4) is 0 Å². The van der Waals surface area contributed by atoms with Crippen LogP contribution in [-0.2, 0) is 76.0 Å². The highest BCUT2D eigenvalue weighted by Crippen LogP contribution is 2.79. The van der Waals surface area contributed by atoms with Gasteiger partial charge in [-0.15, -0.1) is 0 Å². The van der Waals surface area contributed by atoms with Gasteiger partial charge in [-0.05, 0) is 0 Å². The quantitative estimate of drug-likeness (QED) is 0.0660. The molecule has 0 amide bonds. The van der Waals surface area contributed by atoms with Gasteiger partial charge in [0.15, 0.2) is 0 Å². The number of hydrogen-bond donors (Lipinski definition) is 17. The SMILES string of the molecule is O=P(O)(O)OC1C(O)C(O)C(O)C(O)C1OP(=O)(O)OP(=O)(O)O.O=P(O)(O)OP(=O)(OP(=O)(O)O)OP(=O)(OP(=O)(O)O)OP(=O)(O)O. The van der Waals surface area contributed by atoms with Crippen molar-refractivity contribution in [2.24, 2.45) is 0 Å². The summed E-state index contributed by atoms with van der Waals surface area (Å²) in [4.78, 5) is 111. The summed E-state index contributed by atoms with van der Waals surface area (Å²) in [6, 6.07) is 0. The first-order chi connectivity index (χ1) is 21.1. The van der Waals surface area contributed by atoms with Crippen LogP contribution in [0.25, 0.3) is 0 Å². The molecular formula is C6H23O34P9. The first kappa shape index (κ1) is 50.1. The lowest BCUT2D eigenvalue weighted by molar-refractivity contribution is -0.215. The lowest BCUT2D eigenvalue weighted by Crippen LogP contribution is -2.64. The minimum absolute atomic E-state index is 2.20. The van der Waals surface area contributed by atoms with E-state index in [-0.39, 0.29) is 0 Å². The molecule has 1 saturated carbocycles. The third kappa shape index (κ3) is 21.5. The van der Waals surface area contributed by atoms with Gasteiger partial charge in [-0.3, -0.25) is 9.05 Å². The Morgan fingerprint density at radius 3 is 0.776 bits per heavy atom. The Hall–Kier alpha value is 1.07. The van der Waals surface area contributed by atoms with Crippen molar-refractivity contribution in [2.45, 2.75) is 36.6 Å². The Morgan fingerprint density at radius 1 is 0.306 bits per heavy atom. The summed E-state index contributed by atoms with van der Waals surface area (Å²) >= 11 is 0. The predicted octanol–water partition coefficient (Wildman–Crippen LogP) is -3.83. The fourth-order valence-electron chi connectivity index (χ4n) is 2.63. The van der Waals surface area contributed by atoms with Gasteiger partial charge < -0.3 is 84.0 Å². The number of phosphoric ester groups is 2. The minimum Gasteiger partial charge on any atom is -0.387 e. The summed E-state index contributed by atoms with van der Waals surface area (Å²) in [6.07, 6.45) is -13.9. The largest absolute Gasteiger partial charge is 0.501 e. The van der Waals surface area contributed by atoms with Crippen molar-refractivity contribution in [1.82, 2.24) is 0 Å². The number of phosphoric acid groups is 9. The fourth-order valence-corrected chi connectivity index (χ4v) is 12.4. The molecule has 0 aromatic rings. The number of hydrogen-bond acceptors (Lipinski definition) is 21. The molecule has 0 radical (unpaired) electrons. The molecule has 1 fully saturated rings. The molecule has 296 valence electrons. The van der Waals surface area contributed by atoms with E-state index in [1.807, 2.05) is 0 Å². The monoisotopic (exact) mass is 918 g/mol. The second-order valence-electron chi connectivity index (χ2n) is 7.90. The van der Waals surface area contributed by atoms with Crippen molar-refractivity contribution in [3.05, 3.63) is 0 Å². The molecule has 0 aliphatic heterocycles. The zero-order valence-corrected chi connectivity index (χ0v) is 30.1. The molecule has 49 heavy (non-hydrogen) atoms. The molecule has 17 N–H and O–H groups in total. The molecule has 0 spiro atoms. The Morgan fingerprint density at radius 2 is 0.551 bits per heavy atom. The minimum atomic E-state index is -6.48. The maximum Gasteiger partial charge on any atom is 0.501 e. The Balaban J connectivity index is 0.000000941. The first-order valence-electron chi connectivity index (χ1n) is 10.3. The summed E-state index contributed by atoms with van der Waals surface area (Å²) in [6.45, 7) is 0. The van der Waals surface area contributed by atoms with Gasteiger partial charge in [0.1, 0.15) is 36.6 Å². The van der Waals surface area contributed by atoms with Crippen molar-refractivity contribution in [2.75, 3.05) is 0 Å². The van der Waals surface area contributed by atoms with Gasteiger partial charge in [-0.25, -0.2) is 41.1 Å². The van der Waals surface area contributed by atoms with Gasteiger partial charge >= 0.3 is 70.4 Å². The molecule has 0 bridgehead atoms. The van der Waals surface area contributed by atoms with E-state index < -0.39 is 107 Å². The summed E-state index contributed by atoms with van der Waals surface area (Å²) in [7, 11) is -53.7.